The number of rotatable bonds is 3. The van der Waals surface area contributed by atoms with E-state index in [1.165, 1.54) is 0 Å². The molecule has 0 spiro atoms. The van der Waals surface area contributed by atoms with Crippen molar-refractivity contribution in [2.75, 3.05) is 6.61 Å². The maximum Gasteiger partial charge on any atom is 0.220 e. The van der Waals surface area contributed by atoms with Crippen LogP contribution in [-0.4, -0.2) is 31.4 Å². The van der Waals surface area contributed by atoms with Crippen LogP contribution in [0, 0.1) is 0 Å². The van der Waals surface area contributed by atoms with Gasteiger partial charge in [0.15, 0.2) is 0 Å². The Kier molecular flexibility index (Phi) is 2.01. The van der Waals surface area contributed by atoms with Crippen LogP contribution >= 0.6 is 0 Å². The second-order valence-corrected chi connectivity index (χ2v) is 7.27. The summed E-state index contributed by atoms with van der Waals surface area (Å²) in [5.41, 5.74) is -0.399. The standard InChI is InChI=1S/C9H17NO3S/c1-8(2,3)10-14(11,12)9(4-5-9)7-6-13-7/h7,10H,4-6H2,1-3H3. The average molecular weight is 219 g/mol. The van der Waals surface area contributed by atoms with Crippen molar-refractivity contribution in [2.45, 2.75) is 50.0 Å². The Bertz CT molecular complexity index is 334. The number of sulfonamides is 1. The predicted molar refractivity (Wildman–Crippen MR) is 53.5 cm³/mol. The van der Waals surface area contributed by atoms with Crippen LogP contribution in [0.3, 0.4) is 0 Å². The van der Waals surface area contributed by atoms with Crippen LogP contribution in [0.5, 0.6) is 0 Å². The fraction of sp³-hybridized carbons (Fsp3) is 1.00. The van der Waals surface area contributed by atoms with Crippen molar-refractivity contribution in [1.29, 1.82) is 0 Å². The molecule has 1 aliphatic heterocycles. The van der Waals surface area contributed by atoms with Gasteiger partial charge in [0, 0.05) is 5.54 Å². The molecule has 0 aromatic carbocycles. The Hall–Kier alpha value is -0.130. The number of epoxide rings is 1. The van der Waals surface area contributed by atoms with E-state index in [1.807, 2.05) is 20.8 Å². The molecule has 1 saturated heterocycles. The molecule has 14 heavy (non-hydrogen) atoms. The van der Waals surface area contributed by atoms with Crippen LogP contribution in [0.15, 0.2) is 0 Å². The lowest BCUT2D eigenvalue weighted by Gasteiger charge is -2.24. The molecule has 1 aliphatic carbocycles. The van der Waals surface area contributed by atoms with Gasteiger partial charge in [-0.15, -0.1) is 0 Å². The zero-order valence-corrected chi connectivity index (χ0v) is 9.65. The molecule has 82 valence electrons. The van der Waals surface area contributed by atoms with Crippen molar-refractivity contribution in [2.24, 2.45) is 0 Å². The molecule has 1 N–H and O–H groups in total. The number of hydrogen-bond acceptors (Lipinski definition) is 3. The number of nitrogens with one attached hydrogen (secondary N) is 1. The van der Waals surface area contributed by atoms with Gasteiger partial charge in [-0.3, -0.25) is 0 Å². The van der Waals surface area contributed by atoms with Gasteiger partial charge >= 0.3 is 0 Å². The quantitative estimate of drug-likeness (QED) is 0.708. The summed E-state index contributed by atoms with van der Waals surface area (Å²) in [6.07, 6.45) is 1.42. The largest absolute Gasteiger partial charge is 0.371 e. The number of hydrogen-bond donors (Lipinski definition) is 1. The minimum atomic E-state index is -3.22. The third-order valence-electron chi connectivity index (χ3n) is 2.64. The molecule has 0 amide bonds. The first-order valence-electron chi connectivity index (χ1n) is 4.92. The van der Waals surface area contributed by atoms with Gasteiger partial charge in [0.2, 0.25) is 10.0 Å². The minimum Gasteiger partial charge on any atom is -0.371 e. The van der Waals surface area contributed by atoms with E-state index >= 15 is 0 Å². The van der Waals surface area contributed by atoms with Gasteiger partial charge in [0.1, 0.15) is 10.9 Å². The Morgan fingerprint density at radius 3 is 2.14 bits per heavy atom. The molecule has 2 rings (SSSR count). The van der Waals surface area contributed by atoms with Crippen LogP contribution in [0.4, 0.5) is 0 Å². The molecule has 0 bridgehead atoms. The lowest BCUT2D eigenvalue weighted by molar-refractivity contribution is 0.385. The van der Waals surface area contributed by atoms with Gasteiger partial charge < -0.3 is 4.74 Å². The van der Waals surface area contributed by atoms with Crippen LogP contribution in [-0.2, 0) is 14.8 Å². The van der Waals surface area contributed by atoms with Crippen molar-refractivity contribution in [3.8, 4) is 0 Å². The highest BCUT2D eigenvalue weighted by Gasteiger charge is 2.65. The highest BCUT2D eigenvalue weighted by Crippen LogP contribution is 2.51. The fourth-order valence-electron chi connectivity index (χ4n) is 1.74. The molecule has 1 heterocycles. The highest BCUT2D eigenvalue weighted by molar-refractivity contribution is 7.91. The van der Waals surface area contributed by atoms with Crippen molar-refractivity contribution in [3.63, 3.8) is 0 Å². The summed E-state index contributed by atoms with van der Waals surface area (Å²) >= 11 is 0. The minimum absolute atomic E-state index is 0.0534. The zero-order valence-electron chi connectivity index (χ0n) is 8.83. The van der Waals surface area contributed by atoms with E-state index in [0.717, 1.165) is 12.8 Å². The van der Waals surface area contributed by atoms with Crippen LogP contribution in [0.25, 0.3) is 0 Å². The van der Waals surface area contributed by atoms with E-state index in [-0.39, 0.29) is 6.10 Å². The second kappa shape index (κ2) is 2.71. The Balaban J connectivity index is 2.16. The first-order chi connectivity index (χ1) is 6.27. The van der Waals surface area contributed by atoms with Crippen molar-refractivity contribution < 1.29 is 13.2 Å². The van der Waals surface area contributed by atoms with Crippen molar-refractivity contribution in [1.82, 2.24) is 4.72 Å². The van der Waals surface area contributed by atoms with E-state index in [9.17, 15) is 8.42 Å². The maximum absolute atomic E-state index is 12.0. The van der Waals surface area contributed by atoms with Crippen molar-refractivity contribution >= 4 is 10.0 Å². The molecular weight excluding hydrogens is 202 g/mol. The lowest BCUT2D eigenvalue weighted by atomic mass is 10.1. The summed E-state index contributed by atoms with van der Waals surface area (Å²) in [5.74, 6) is 0. The van der Waals surface area contributed by atoms with Gasteiger partial charge in [0.05, 0.1) is 6.61 Å². The maximum atomic E-state index is 12.0. The van der Waals surface area contributed by atoms with E-state index in [4.69, 9.17) is 4.74 Å². The first-order valence-corrected chi connectivity index (χ1v) is 6.40. The van der Waals surface area contributed by atoms with Crippen LogP contribution in [0.1, 0.15) is 33.6 Å². The van der Waals surface area contributed by atoms with Gasteiger partial charge in [-0.25, -0.2) is 13.1 Å². The normalized spacial score (nSPS) is 30.1. The highest BCUT2D eigenvalue weighted by atomic mass is 32.2. The molecule has 2 aliphatic rings. The molecule has 0 aromatic rings. The van der Waals surface area contributed by atoms with E-state index in [2.05, 4.69) is 4.72 Å². The van der Waals surface area contributed by atoms with Crippen molar-refractivity contribution in [3.05, 3.63) is 0 Å². The van der Waals surface area contributed by atoms with Gasteiger partial charge in [0.25, 0.3) is 0 Å². The Labute approximate surface area is 85.1 Å². The zero-order chi connectivity index (χ0) is 10.6. The predicted octanol–water partition coefficient (Wildman–Crippen LogP) is 0.636. The smallest absolute Gasteiger partial charge is 0.220 e. The summed E-state index contributed by atoms with van der Waals surface area (Å²) in [5, 5.41) is 0. The summed E-state index contributed by atoms with van der Waals surface area (Å²) in [6.45, 7) is 6.17. The lowest BCUT2D eigenvalue weighted by Crippen LogP contribution is -2.48. The molecule has 0 aromatic heterocycles. The second-order valence-electron chi connectivity index (χ2n) is 5.24. The summed E-state index contributed by atoms with van der Waals surface area (Å²) in [7, 11) is -3.22. The molecule has 5 heteroatoms. The third-order valence-corrected chi connectivity index (χ3v) is 5.26. The van der Waals surface area contributed by atoms with Gasteiger partial charge in [-0.2, -0.15) is 0 Å². The SMILES string of the molecule is CC(C)(C)NS(=O)(=O)C1(C2CO2)CC1. The van der Waals surface area contributed by atoms with E-state index in [0.29, 0.717) is 6.61 Å². The summed E-state index contributed by atoms with van der Waals surface area (Å²) < 4.78 is 31.3. The Morgan fingerprint density at radius 1 is 1.36 bits per heavy atom. The molecule has 1 atom stereocenters. The van der Waals surface area contributed by atoms with E-state index in [1.54, 1.807) is 0 Å². The molecule has 0 radical (unpaired) electrons. The molecule has 1 unspecified atom stereocenters. The van der Waals surface area contributed by atoms with Gasteiger partial charge in [-0.1, -0.05) is 0 Å². The molecule has 1 saturated carbocycles. The van der Waals surface area contributed by atoms with E-state index < -0.39 is 20.3 Å². The average Bonchev–Trinajstić information content (AvgIpc) is 2.76. The van der Waals surface area contributed by atoms with Crippen LogP contribution < -0.4 is 4.72 Å². The third kappa shape index (κ3) is 1.68. The molecule has 4 nitrogen and oxygen atoms in total. The number of ether oxygens (including phenoxy) is 1. The van der Waals surface area contributed by atoms with Crippen LogP contribution in [0.2, 0.25) is 0 Å². The molecule has 2 fully saturated rings. The molecular formula is C9H17NO3S. The topological polar surface area (TPSA) is 58.7 Å². The monoisotopic (exact) mass is 219 g/mol. The summed E-state index contributed by atoms with van der Waals surface area (Å²) in [4.78, 5) is 0. The first kappa shape index (κ1) is 10.4. The Morgan fingerprint density at radius 2 is 1.86 bits per heavy atom. The fourth-order valence-corrected chi connectivity index (χ4v) is 3.87. The summed E-state index contributed by atoms with van der Waals surface area (Å²) in [6, 6.07) is 0. The van der Waals surface area contributed by atoms with Gasteiger partial charge in [-0.05, 0) is 33.6 Å².